The molecule has 0 aromatic rings. The molecular formula is C6H13N3O3. The maximum Gasteiger partial charge on any atom is 0.317 e. The van der Waals surface area contributed by atoms with Crippen LogP contribution >= 0.6 is 0 Å². The summed E-state index contributed by atoms with van der Waals surface area (Å²) >= 11 is 0. The van der Waals surface area contributed by atoms with Gasteiger partial charge in [0.1, 0.15) is 0 Å². The maximum absolute atomic E-state index is 10.2. The van der Waals surface area contributed by atoms with Crippen molar-refractivity contribution in [2.75, 3.05) is 26.2 Å². The van der Waals surface area contributed by atoms with E-state index in [-0.39, 0.29) is 13.1 Å². The molecule has 0 heterocycles. The van der Waals surface area contributed by atoms with Gasteiger partial charge in [-0.15, -0.1) is 0 Å². The Hall–Kier alpha value is -1.14. The lowest BCUT2D eigenvalue weighted by Crippen LogP contribution is -2.35. The van der Waals surface area contributed by atoms with Crippen molar-refractivity contribution in [3.63, 3.8) is 0 Å². The van der Waals surface area contributed by atoms with E-state index in [1.54, 1.807) is 0 Å². The van der Waals surface area contributed by atoms with E-state index in [4.69, 9.17) is 10.8 Å². The smallest absolute Gasteiger partial charge is 0.317 e. The Morgan fingerprint density at radius 1 is 1.17 bits per heavy atom. The highest BCUT2D eigenvalue weighted by atomic mass is 16.4. The van der Waals surface area contributed by atoms with E-state index in [0.29, 0.717) is 13.1 Å². The molecule has 0 unspecified atom stereocenters. The number of carbonyl (C=O) groups excluding carboxylic acids is 1. The summed E-state index contributed by atoms with van der Waals surface area (Å²) in [6.07, 6.45) is 0. The largest absolute Gasteiger partial charge is 0.480 e. The van der Waals surface area contributed by atoms with Gasteiger partial charge in [-0.2, -0.15) is 0 Å². The molecule has 0 spiro atoms. The van der Waals surface area contributed by atoms with E-state index < -0.39 is 11.9 Å². The lowest BCUT2D eigenvalue weighted by Gasteiger charge is -2.01. The molecule has 0 rings (SSSR count). The van der Waals surface area contributed by atoms with Crippen LogP contribution in [0, 0.1) is 0 Å². The number of carboxylic acid groups (broad SMARTS) is 1. The fraction of sp³-hybridized carbons (Fsp3) is 0.667. The summed E-state index contributed by atoms with van der Waals surface area (Å²) in [6, 6.07) is 0. The molecule has 0 aliphatic rings. The number of carbonyl (C=O) groups is 2. The molecule has 0 fully saturated rings. The average Bonchev–Trinajstić information content (AvgIpc) is 1.95. The maximum atomic E-state index is 10.2. The highest BCUT2D eigenvalue weighted by Gasteiger charge is 1.94. The molecule has 0 saturated heterocycles. The van der Waals surface area contributed by atoms with Crippen molar-refractivity contribution >= 4 is 11.9 Å². The summed E-state index contributed by atoms with van der Waals surface area (Å²) in [7, 11) is 0. The van der Waals surface area contributed by atoms with Gasteiger partial charge in [0.25, 0.3) is 0 Å². The van der Waals surface area contributed by atoms with Gasteiger partial charge in [0.05, 0.1) is 13.1 Å². The molecular weight excluding hydrogens is 162 g/mol. The van der Waals surface area contributed by atoms with Crippen molar-refractivity contribution < 1.29 is 14.7 Å². The molecule has 1 amide bonds. The molecule has 0 radical (unpaired) electrons. The van der Waals surface area contributed by atoms with Crippen LogP contribution in [-0.4, -0.2) is 43.2 Å². The highest BCUT2D eigenvalue weighted by molar-refractivity contribution is 5.75. The summed E-state index contributed by atoms with van der Waals surface area (Å²) in [5.74, 6) is -1.32. The van der Waals surface area contributed by atoms with Crippen LogP contribution < -0.4 is 16.4 Å². The van der Waals surface area contributed by atoms with Crippen LogP contribution in [0.4, 0.5) is 0 Å². The van der Waals surface area contributed by atoms with Crippen LogP contribution in [0.1, 0.15) is 0 Å². The molecule has 0 aliphatic carbocycles. The van der Waals surface area contributed by atoms with Crippen LogP contribution in [0.3, 0.4) is 0 Å². The van der Waals surface area contributed by atoms with E-state index in [9.17, 15) is 9.59 Å². The summed E-state index contributed by atoms with van der Waals surface area (Å²) in [5, 5.41) is 13.6. The lowest BCUT2D eigenvalue weighted by atomic mass is 10.5. The van der Waals surface area contributed by atoms with Crippen molar-refractivity contribution in [1.82, 2.24) is 10.6 Å². The Kier molecular flexibility index (Phi) is 5.94. The van der Waals surface area contributed by atoms with Gasteiger partial charge in [0, 0.05) is 13.1 Å². The van der Waals surface area contributed by atoms with Crippen molar-refractivity contribution in [3.8, 4) is 0 Å². The van der Waals surface area contributed by atoms with E-state index in [0.717, 1.165) is 0 Å². The number of primary amides is 1. The number of hydrogen-bond donors (Lipinski definition) is 4. The topological polar surface area (TPSA) is 104 Å². The fourth-order valence-corrected chi connectivity index (χ4v) is 0.584. The predicted molar refractivity (Wildman–Crippen MR) is 42.6 cm³/mol. The van der Waals surface area contributed by atoms with Gasteiger partial charge in [0.2, 0.25) is 5.91 Å². The Labute approximate surface area is 70.1 Å². The van der Waals surface area contributed by atoms with Crippen LogP contribution in [-0.2, 0) is 9.59 Å². The van der Waals surface area contributed by atoms with Crippen LogP contribution in [0.25, 0.3) is 0 Å². The van der Waals surface area contributed by atoms with Gasteiger partial charge in [-0.25, -0.2) is 0 Å². The molecule has 70 valence electrons. The molecule has 0 aliphatic heterocycles. The first-order chi connectivity index (χ1) is 5.63. The molecule has 0 aromatic carbocycles. The monoisotopic (exact) mass is 175 g/mol. The third kappa shape index (κ3) is 8.86. The van der Waals surface area contributed by atoms with Gasteiger partial charge in [0.15, 0.2) is 0 Å². The zero-order valence-electron chi connectivity index (χ0n) is 6.67. The number of aliphatic carboxylic acids is 1. The first-order valence-electron chi connectivity index (χ1n) is 3.54. The number of carboxylic acids is 1. The zero-order valence-corrected chi connectivity index (χ0v) is 6.67. The Bertz CT molecular complexity index is 142. The normalized spacial score (nSPS) is 9.67. The quantitative estimate of drug-likeness (QED) is 0.327. The third-order valence-corrected chi connectivity index (χ3v) is 1.05. The number of amides is 1. The standard InChI is InChI=1S/C6H13N3O3/c7-5(10)3-8-1-2-9-4-6(11)12/h8-9H,1-4H2,(H2,7,10)(H,11,12). The van der Waals surface area contributed by atoms with E-state index in [1.165, 1.54) is 0 Å². The zero-order chi connectivity index (χ0) is 9.40. The fourth-order valence-electron chi connectivity index (χ4n) is 0.584. The van der Waals surface area contributed by atoms with Gasteiger partial charge < -0.3 is 21.5 Å². The summed E-state index contributed by atoms with van der Waals surface area (Å²) in [6.45, 7) is 1.07. The molecule has 0 saturated carbocycles. The number of rotatable bonds is 7. The second kappa shape index (κ2) is 6.56. The SMILES string of the molecule is NC(=O)CNCCNCC(=O)O. The number of nitrogens with two attached hydrogens (primary N) is 1. The first-order valence-corrected chi connectivity index (χ1v) is 3.54. The molecule has 5 N–H and O–H groups in total. The highest BCUT2D eigenvalue weighted by Crippen LogP contribution is 1.61. The van der Waals surface area contributed by atoms with Crippen LogP contribution in [0.15, 0.2) is 0 Å². The van der Waals surface area contributed by atoms with Crippen molar-refractivity contribution in [3.05, 3.63) is 0 Å². The molecule has 6 heteroatoms. The van der Waals surface area contributed by atoms with Crippen LogP contribution in [0.5, 0.6) is 0 Å². The van der Waals surface area contributed by atoms with Crippen LogP contribution in [0.2, 0.25) is 0 Å². The van der Waals surface area contributed by atoms with Crippen molar-refractivity contribution in [2.24, 2.45) is 5.73 Å². The van der Waals surface area contributed by atoms with Crippen molar-refractivity contribution in [1.29, 1.82) is 0 Å². The molecule has 6 nitrogen and oxygen atoms in total. The van der Waals surface area contributed by atoms with Crippen molar-refractivity contribution in [2.45, 2.75) is 0 Å². The lowest BCUT2D eigenvalue weighted by molar-refractivity contribution is -0.136. The molecule has 0 bridgehead atoms. The number of hydrogen-bond acceptors (Lipinski definition) is 4. The molecule has 0 atom stereocenters. The first kappa shape index (κ1) is 10.9. The minimum absolute atomic E-state index is 0.0712. The predicted octanol–water partition coefficient (Wildman–Crippen LogP) is -2.26. The van der Waals surface area contributed by atoms with Gasteiger partial charge in [-0.3, -0.25) is 9.59 Å². The minimum atomic E-state index is -0.898. The van der Waals surface area contributed by atoms with Gasteiger partial charge >= 0.3 is 5.97 Å². The summed E-state index contributed by atoms with van der Waals surface area (Å²) in [4.78, 5) is 20.2. The average molecular weight is 175 g/mol. The summed E-state index contributed by atoms with van der Waals surface area (Å²) in [5.41, 5.74) is 4.84. The van der Waals surface area contributed by atoms with Gasteiger partial charge in [-0.05, 0) is 0 Å². The van der Waals surface area contributed by atoms with E-state index >= 15 is 0 Å². The minimum Gasteiger partial charge on any atom is -0.480 e. The van der Waals surface area contributed by atoms with E-state index in [1.807, 2.05) is 0 Å². The summed E-state index contributed by atoms with van der Waals surface area (Å²) < 4.78 is 0. The second-order valence-electron chi connectivity index (χ2n) is 2.21. The number of nitrogens with one attached hydrogen (secondary N) is 2. The molecule has 12 heavy (non-hydrogen) atoms. The Morgan fingerprint density at radius 2 is 1.67 bits per heavy atom. The van der Waals surface area contributed by atoms with E-state index in [2.05, 4.69) is 10.6 Å². The second-order valence-corrected chi connectivity index (χ2v) is 2.21. The molecule has 0 aromatic heterocycles. The Balaban J connectivity index is 3.01. The van der Waals surface area contributed by atoms with Gasteiger partial charge in [-0.1, -0.05) is 0 Å². The third-order valence-electron chi connectivity index (χ3n) is 1.05. The Morgan fingerprint density at radius 3 is 2.08 bits per heavy atom.